The van der Waals surface area contributed by atoms with E-state index in [1.165, 1.54) is 11.3 Å². The molecule has 27 heavy (non-hydrogen) atoms. The number of anilines is 1. The van der Waals surface area contributed by atoms with Gasteiger partial charge in [-0.1, -0.05) is 23.7 Å². The number of thiazole rings is 1. The molecule has 2 aromatic rings. The molecule has 7 nitrogen and oxygen atoms in total. The number of carbonyl (C=O) groups is 2. The molecule has 1 fully saturated rings. The Morgan fingerprint density at radius 2 is 1.93 bits per heavy atom. The third-order valence-corrected chi connectivity index (χ3v) is 5.26. The fraction of sp³-hybridized carbons (Fsp3) is 0.389. The molecule has 0 aliphatic carbocycles. The number of nitrogens with one attached hydrogen (secondary N) is 2. The molecule has 1 saturated heterocycles. The molecule has 2 N–H and O–H groups in total. The summed E-state index contributed by atoms with van der Waals surface area (Å²) in [5.41, 5.74) is 6.27. The van der Waals surface area contributed by atoms with Gasteiger partial charge in [-0.2, -0.15) is 0 Å². The summed E-state index contributed by atoms with van der Waals surface area (Å²) < 4.78 is 5.31. The zero-order chi connectivity index (χ0) is 19.1. The van der Waals surface area contributed by atoms with E-state index in [-0.39, 0.29) is 5.91 Å². The van der Waals surface area contributed by atoms with E-state index >= 15 is 0 Å². The number of ether oxygens (including phenoxy) is 1. The number of halogens is 1. The lowest BCUT2D eigenvalue weighted by Crippen LogP contribution is -2.41. The van der Waals surface area contributed by atoms with Gasteiger partial charge in [0, 0.05) is 29.9 Å². The first-order chi connectivity index (χ1) is 13.1. The fourth-order valence-electron chi connectivity index (χ4n) is 2.63. The predicted molar refractivity (Wildman–Crippen MR) is 105 cm³/mol. The van der Waals surface area contributed by atoms with Crippen LogP contribution >= 0.6 is 22.9 Å². The zero-order valence-corrected chi connectivity index (χ0v) is 16.3. The van der Waals surface area contributed by atoms with Crippen LogP contribution in [-0.4, -0.2) is 43.1 Å². The number of benzene rings is 1. The molecule has 0 radical (unpaired) electrons. The number of morpholine rings is 1. The van der Waals surface area contributed by atoms with E-state index in [1.54, 1.807) is 5.38 Å². The van der Waals surface area contributed by atoms with Crippen LogP contribution in [0.3, 0.4) is 0 Å². The second-order valence-corrected chi connectivity index (χ2v) is 7.37. The van der Waals surface area contributed by atoms with Gasteiger partial charge in [-0.3, -0.25) is 20.4 Å². The van der Waals surface area contributed by atoms with Crippen LogP contribution in [0.4, 0.5) is 5.13 Å². The highest BCUT2D eigenvalue weighted by molar-refractivity contribution is 7.13. The van der Waals surface area contributed by atoms with Crippen molar-refractivity contribution in [1.82, 2.24) is 15.8 Å². The molecule has 3 rings (SSSR count). The first-order valence-electron chi connectivity index (χ1n) is 8.73. The first-order valence-corrected chi connectivity index (χ1v) is 9.99. The minimum absolute atomic E-state index is 0.235. The van der Waals surface area contributed by atoms with E-state index in [0.717, 1.165) is 30.2 Å². The van der Waals surface area contributed by atoms with E-state index in [0.29, 0.717) is 36.8 Å². The molecule has 9 heteroatoms. The van der Waals surface area contributed by atoms with Crippen LogP contribution in [0.15, 0.2) is 29.6 Å². The average molecular weight is 409 g/mol. The molecule has 0 atom stereocenters. The quantitative estimate of drug-likeness (QED) is 0.717. The summed E-state index contributed by atoms with van der Waals surface area (Å²) in [6.07, 6.45) is 1.77. The minimum Gasteiger partial charge on any atom is -0.378 e. The van der Waals surface area contributed by atoms with Crippen LogP contribution in [0.5, 0.6) is 0 Å². The van der Waals surface area contributed by atoms with Crippen LogP contribution in [-0.2, 0) is 16.0 Å². The van der Waals surface area contributed by atoms with Gasteiger partial charge in [0.15, 0.2) is 5.13 Å². The number of hydrogen-bond donors (Lipinski definition) is 2. The summed E-state index contributed by atoms with van der Waals surface area (Å²) in [7, 11) is 0. The van der Waals surface area contributed by atoms with Gasteiger partial charge in [-0.05, 0) is 30.5 Å². The summed E-state index contributed by atoms with van der Waals surface area (Å²) >= 11 is 7.25. The van der Waals surface area contributed by atoms with Gasteiger partial charge in [0.1, 0.15) is 5.69 Å². The van der Waals surface area contributed by atoms with Crippen molar-refractivity contribution < 1.29 is 14.3 Å². The van der Waals surface area contributed by atoms with Gasteiger partial charge in [0.25, 0.3) is 5.91 Å². The summed E-state index contributed by atoms with van der Waals surface area (Å²) in [4.78, 5) is 30.4. The molecular weight excluding hydrogens is 388 g/mol. The van der Waals surface area contributed by atoms with E-state index in [1.807, 2.05) is 24.3 Å². The fourth-order valence-corrected chi connectivity index (χ4v) is 3.61. The van der Waals surface area contributed by atoms with Crippen molar-refractivity contribution in [2.75, 3.05) is 31.2 Å². The number of hydrazine groups is 1. The largest absolute Gasteiger partial charge is 0.378 e. The lowest BCUT2D eigenvalue weighted by Gasteiger charge is -2.25. The number of aryl methyl sites for hydroxylation is 1. The first kappa shape index (κ1) is 19.6. The summed E-state index contributed by atoms with van der Waals surface area (Å²) in [6.45, 7) is 2.85. The highest BCUT2D eigenvalue weighted by Gasteiger charge is 2.17. The Balaban J connectivity index is 1.38. The molecule has 1 aromatic heterocycles. The van der Waals surface area contributed by atoms with Gasteiger partial charge in [0.05, 0.1) is 13.2 Å². The van der Waals surface area contributed by atoms with E-state index in [4.69, 9.17) is 16.3 Å². The Kier molecular flexibility index (Phi) is 7.03. The number of nitrogens with zero attached hydrogens (tertiary/aromatic N) is 2. The minimum atomic E-state index is -0.420. The molecular formula is C18H21ClN4O3S. The van der Waals surface area contributed by atoms with Crippen LogP contribution in [0.1, 0.15) is 28.9 Å². The molecule has 0 saturated carbocycles. The lowest BCUT2D eigenvalue weighted by atomic mass is 10.1. The molecule has 1 aromatic carbocycles. The highest BCUT2D eigenvalue weighted by Crippen LogP contribution is 2.21. The topological polar surface area (TPSA) is 83.6 Å². The maximum Gasteiger partial charge on any atom is 0.289 e. The Morgan fingerprint density at radius 1 is 1.19 bits per heavy atom. The molecule has 2 amide bonds. The molecule has 2 heterocycles. The number of hydrogen-bond acceptors (Lipinski definition) is 6. The molecule has 0 bridgehead atoms. The normalized spacial score (nSPS) is 14.0. The molecule has 1 aliphatic rings. The number of rotatable bonds is 6. The Morgan fingerprint density at radius 3 is 2.67 bits per heavy atom. The van der Waals surface area contributed by atoms with Gasteiger partial charge >= 0.3 is 0 Å². The van der Waals surface area contributed by atoms with Crippen molar-refractivity contribution in [3.8, 4) is 0 Å². The summed E-state index contributed by atoms with van der Waals surface area (Å²) in [5, 5.41) is 3.17. The second-order valence-electron chi connectivity index (χ2n) is 6.10. The van der Waals surface area contributed by atoms with Gasteiger partial charge in [-0.15, -0.1) is 11.3 Å². The van der Waals surface area contributed by atoms with Gasteiger partial charge in [0.2, 0.25) is 5.91 Å². The Labute approximate surface area is 166 Å². The van der Waals surface area contributed by atoms with E-state index in [2.05, 4.69) is 20.7 Å². The number of aromatic nitrogens is 1. The van der Waals surface area contributed by atoms with Crippen LogP contribution in [0.25, 0.3) is 0 Å². The molecule has 0 spiro atoms. The van der Waals surface area contributed by atoms with Gasteiger partial charge in [-0.25, -0.2) is 4.98 Å². The standard InChI is InChI=1S/C18H21ClN4O3S/c19-14-6-4-13(5-7-14)2-1-3-16(24)21-22-17(25)15-12-27-18(20-15)23-8-10-26-11-9-23/h4-7,12H,1-3,8-11H2,(H,21,24)(H,22,25). The molecule has 0 unspecified atom stereocenters. The van der Waals surface area contributed by atoms with Crippen molar-refractivity contribution in [3.05, 3.63) is 45.9 Å². The third kappa shape index (κ3) is 5.92. The van der Waals surface area contributed by atoms with Crippen molar-refractivity contribution in [2.24, 2.45) is 0 Å². The van der Waals surface area contributed by atoms with Crippen molar-refractivity contribution in [2.45, 2.75) is 19.3 Å². The second kappa shape index (κ2) is 9.68. The summed E-state index contributed by atoms with van der Waals surface area (Å²) in [6, 6.07) is 7.54. The van der Waals surface area contributed by atoms with Crippen LogP contribution in [0.2, 0.25) is 5.02 Å². The monoisotopic (exact) mass is 408 g/mol. The molecule has 1 aliphatic heterocycles. The van der Waals surface area contributed by atoms with E-state index < -0.39 is 5.91 Å². The van der Waals surface area contributed by atoms with Crippen molar-refractivity contribution in [1.29, 1.82) is 0 Å². The van der Waals surface area contributed by atoms with Crippen molar-refractivity contribution in [3.63, 3.8) is 0 Å². The maximum absolute atomic E-state index is 12.1. The van der Waals surface area contributed by atoms with Crippen molar-refractivity contribution >= 4 is 39.9 Å². The predicted octanol–water partition coefficient (Wildman–Crippen LogP) is 2.42. The average Bonchev–Trinajstić information content (AvgIpc) is 3.19. The van der Waals surface area contributed by atoms with Gasteiger partial charge < -0.3 is 9.64 Å². The Hall–Kier alpha value is -2.16. The zero-order valence-electron chi connectivity index (χ0n) is 14.7. The highest BCUT2D eigenvalue weighted by atomic mass is 35.5. The maximum atomic E-state index is 12.1. The smallest absolute Gasteiger partial charge is 0.289 e. The molecule has 144 valence electrons. The number of amides is 2. The summed E-state index contributed by atoms with van der Waals surface area (Å²) in [5.74, 6) is -0.655. The third-order valence-electron chi connectivity index (χ3n) is 4.10. The Bertz CT molecular complexity index is 775. The SMILES string of the molecule is O=C(CCCc1ccc(Cl)cc1)NNC(=O)c1csc(N2CCOCC2)n1. The lowest BCUT2D eigenvalue weighted by molar-refractivity contribution is -0.121. The van der Waals surface area contributed by atoms with Crippen LogP contribution < -0.4 is 15.8 Å². The number of carbonyl (C=O) groups excluding carboxylic acids is 2. The van der Waals surface area contributed by atoms with Crippen LogP contribution in [0, 0.1) is 0 Å². The van der Waals surface area contributed by atoms with E-state index in [9.17, 15) is 9.59 Å².